The molecule has 3 heteroatoms. The van der Waals surface area contributed by atoms with Crippen LogP contribution in [0.2, 0.25) is 0 Å². The summed E-state index contributed by atoms with van der Waals surface area (Å²) in [4.78, 5) is 0. The molecule has 1 saturated carbocycles. The number of halogens is 2. The maximum Gasteiger partial charge on any atom is 0.128 e. The standard InChI is InChI=1S/C18H19F2N/c1-2-21-18(16-10-13(19)8-9-17(16)20)15-11-14(15)12-6-4-3-5-7-12/h3-10,14-15,18,21H,2,11H2,1H3. The number of hydrogen-bond acceptors (Lipinski definition) is 1. The Morgan fingerprint density at radius 1 is 1.14 bits per heavy atom. The van der Waals surface area contributed by atoms with Crippen LogP contribution in [0.1, 0.15) is 36.4 Å². The van der Waals surface area contributed by atoms with Gasteiger partial charge in [-0.2, -0.15) is 0 Å². The summed E-state index contributed by atoms with van der Waals surface area (Å²) in [5, 5.41) is 3.32. The van der Waals surface area contributed by atoms with E-state index >= 15 is 0 Å². The summed E-state index contributed by atoms with van der Waals surface area (Å²) in [5.41, 5.74) is 1.72. The lowest BCUT2D eigenvalue weighted by atomic mass is 9.98. The average molecular weight is 287 g/mol. The van der Waals surface area contributed by atoms with Crippen LogP contribution in [0, 0.1) is 17.6 Å². The molecule has 3 rings (SSSR count). The van der Waals surface area contributed by atoms with Gasteiger partial charge < -0.3 is 5.32 Å². The van der Waals surface area contributed by atoms with Crippen LogP contribution in [0.25, 0.3) is 0 Å². The smallest absolute Gasteiger partial charge is 0.128 e. The fraction of sp³-hybridized carbons (Fsp3) is 0.333. The van der Waals surface area contributed by atoms with E-state index in [-0.39, 0.29) is 17.7 Å². The highest BCUT2D eigenvalue weighted by Gasteiger charge is 2.44. The molecule has 0 aromatic heterocycles. The first-order chi connectivity index (χ1) is 10.2. The Balaban J connectivity index is 1.85. The third-order valence-corrected chi connectivity index (χ3v) is 4.21. The zero-order valence-corrected chi connectivity index (χ0v) is 12.0. The van der Waals surface area contributed by atoms with E-state index in [1.807, 2.05) is 25.1 Å². The van der Waals surface area contributed by atoms with Crippen molar-refractivity contribution >= 4 is 0 Å². The fourth-order valence-electron chi connectivity index (χ4n) is 3.13. The molecule has 2 aromatic rings. The quantitative estimate of drug-likeness (QED) is 0.858. The predicted octanol–water partition coefficient (Wildman–Crippen LogP) is 4.42. The summed E-state index contributed by atoms with van der Waals surface area (Å²) in [7, 11) is 0. The molecule has 2 aromatic carbocycles. The Hall–Kier alpha value is -1.74. The third-order valence-electron chi connectivity index (χ3n) is 4.21. The summed E-state index contributed by atoms with van der Waals surface area (Å²) in [6.45, 7) is 2.72. The predicted molar refractivity (Wildman–Crippen MR) is 80.1 cm³/mol. The van der Waals surface area contributed by atoms with Crippen molar-refractivity contribution in [2.24, 2.45) is 5.92 Å². The first-order valence-corrected chi connectivity index (χ1v) is 7.44. The van der Waals surface area contributed by atoms with Gasteiger partial charge in [-0.05, 0) is 48.6 Å². The molecule has 1 N–H and O–H groups in total. The van der Waals surface area contributed by atoms with Crippen LogP contribution in [0.15, 0.2) is 48.5 Å². The summed E-state index contributed by atoms with van der Waals surface area (Å²) in [6, 6.07) is 13.8. The highest BCUT2D eigenvalue weighted by molar-refractivity contribution is 5.31. The largest absolute Gasteiger partial charge is 0.310 e. The molecule has 0 aliphatic heterocycles. The summed E-state index contributed by atoms with van der Waals surface area (Å²) >= 11 is 0. The van der Waals surface area contributed by atoms with Crippen molar-refractivity contribution in [3.63, 3.8) is 0 Å². The maximum atomic E-state index is 14.1. The van der Waals surface area contributed by atoms with E-state index in [9.17, 15) is 8.78 Å². The lowest BCUT2D eigenvalue weighted by molar-refractivity contribution is 0.457. The molecular formula is C18H19F2N. The number of nitrogens with one attached hydrogen (secondary N) is 1. The van der Waals surface area contributed by atoms with Crippen LogP contribution >= 0.6 is 0 Å². The Kier molecular flexibility index (Phi) is 4.02. The van der Waals surface area contributed by atoms with Crippen molar-refractivity contribution in [3.8, 4) is 0 Å². The van der Waals surface area contributed by atoms with Gasteiger partial charge in [-0.1, -0.05) is 37.3 Å². The van der Waals surface area contributed by atoms with Crippen LogP contribution in [0.4, 0.5) is 8.78 Å². The summed E-state index contributed by atoms with van der Waals surface area (Å²) in [5.74, 6) is 0.0360. The fourth-order valence-corrected chi connectivity index (χ4v) is 3.13. The zero-order valence-electron chi connectivity index (χ0n) is 12.0. The van der Waals surface area contributed by atoms with E-state index in [1.165, 1.54) is 23.8 Å². The van der Waals surface area contributed by atoms with Crippen LogP contribution in [-0.2, 0) is 0 Å². The molecule has 0 heterocycles. The Morgan fingerprint density at radius 2 is 1.90 bits per heavy atom. The van der Waals surface area contributed by atoms with Gasteiger partial charge >= 0.3 is 0 Å². The minimum atomic E-state index is -0.383. The van der Waals surface area contributed by atoms with Crippen LogP contribution in [-0.4, -0.2) is 6.54 Å². The lowest BCUT2D eigenvalue weighted by Crippen LogP contribution is -2.24. The summed E-state index contributed by atoms with van der Waals surface area (Å²) in [6.07, 6.45) is 1.01. The van der Waals surface area contributed by atoms with Crippen LogP contribution in [0.3, 0.4) is 0 Å². The van der Waals surface area contributed by atoms with Gasteiger partial charge in [0.1, 0.15) is 11.6 Å². The molecule has 0 spiro atoms. The third kappa shape index (κ3) is 2.98. The second-order valence-corrected chi connectivity index (χ2v) is 5.62. The maximum absolute atomic E-state index is 14.1. The minimum absolute atomic E-state index is 0.129. The molecule has 3 unspecified atom stereocenters. The van der Waals surface area contributed by atoms with Crippen molar-refractivity contribution < 1.29 is 8.78 Å². The Bertz CT molecular complexity index is 612. The molecule has 1 nitrogen and oxygen atoms in total. The lowest BCUT2D eigenvalue weighted by Gasteiger charge is -2.19. The summed E-state index contributed by atoms with van der Waals surface area (Å²) < 4.78 is 27.5. The van der Waals surface area contributed by atoms with E-state index < -0.39 is 0 Å². The molecule has 3 atom stereocenters. The first-order valence-electron chi connectivity index (χ1n) is 7.44. The molecule has 21 heavy (non-hydrogen) atoms. The number of hydrogen-bond donors (Lipinski definition) is 1. The molecular weight excluding hydrogens is 268 g/mol. The highest BCUT2D eigenvalue weighted by atomic mass is 19.1. The normalized spacial score (nSPS) is 22.0. The SMILES string of the molecule is CCNC(c1cc(F)ccc1F)C1CC1c1ccccc1. The topological polar surface area (TPSA) is 12.0 Å². The van der Waals surface area contributed by atoms with Gasteiger partial charge in [0.2, 0.25) is 0 Å². The molecule has 1 aliphatic rings. The van der Waals surface area contributed by atoms with E-state index in [1.54, 1.807) is 0 Å². The highest BCUT2D eigenvalue weighted by Crippen LogP contribution is 2.54. The Labute approximate surface area is 124 Å². The van der Waals surface area contributed by atoms with E-state index in [4.69, 9.17) is 0 Å². The first kappa shape index (κ1) is 14.2. The number of benzene rings is 2. The van der Waals surface area contributed by atoms with Gasteiger partial charge in [0.05, 0.1) is 0 Å². The van der Waals surface area contributed by atoms with Gasteiger partial charge in [0.15, 0.2) is 0 Å². The molecule has 1 fully saturated rings. The van der Waals surface area contributed by atoms with E-state index in [0.717, 1.165) is 13.0 Å². The molecule has 0 saturated heterocycles. The van der Waals surface area contributed by atoms with Gasteiger partial charge in [-0.25, -0.2) is 8.78 Å². The van der Waals surface area contributed by atoms with E-state index in [2.05, 4.69) is 17.4 Å². The van der Waals surface area contributed by atoms with Crippen molar-refractivity contribution in [2.45, 2.75) is 25.3 Å². The van der Waals surface area contributed by atoms with Crippen molar-refractivity contribution in [1.82, 2.24) is 5.32 Å². The molecule has 0 radical (unpaired) electrons. The zero-order chi connectivity index (χ0) is 14.8. The van der Waals surface area contributed by atoms with Crippen LogP contribution in [0.5, 0.6) is 0 Å². The Morgan fingerprint density at radius 3 is 2.62 bits per heavy atom. The van der Waals surface area contributed by atoms with Crippen molar-refractivity contribution in [3.05, 3.63) is 71.3 Å². The molecule has 110 valence electrons. The van der Waals surface area contributed by atoms with Crippen molar-refractivity contribution in [2.75, 3.05) is 6.54 Å². The van der Waals surface area contributed by atoms with Gasteiger partial charge in [-0.3, -0.25) is 0 Å². The monoisotopic (exact) mass is 287 g/mol. The van der Waals surface area contributed by atoms with Crippen LogP contribution < -0.4 is 5.32 Å². The molecule has 0 amide bonds. The minimum Gasteiger partial charge on any atom is -0.310 e. The van der Waals surface area contributed by atoms with Gasteiger partial charge in [-0.15, -0.1) is 0 Å². The molecule has 0 bridgehead atoms. The van der Waals surface area contributed by atoms with E-state index in [0.29, 0.717) is 17.4 Å². The van der Waals surface area contributed by atoms with Gasteiger partial charge in [0, 0.05) is 11.6 Å². The van der Waals surface area contributed by atoms with Gasteiger partial charge in [0.25, 0.3) is 0 Å². The molecule has 1 aliphatic carbocycles. The van der Waals surface area contributed by atoms with Crippen molar-refractivity contribution in [1.29, 1.82) is 0 Å². The average Bonchev–Trinajstić information content (AvgIpc) is 3.29. The second kappa shape index (κ2) is 5.94. The second-order valence-electron chi connectivity index (χ2n) is 5.62. The number of rotatable bonds is 5.